The van der Waals surface area contributed by atoms with Gasteiger partial charge in [-0.2, -0.15) is 35.8 Å². The van der Waals surface area contributed by atoms with Gasteiger partial charge in [-0.25, -0.2) is 17.9 Å². The fourth-order valence-electron chi connectivity index (χ4n) is 3.25. The highest BCUT2D eigenvalue weighted by Crippen LogP contribution is 2.33. The van der Waals surface area contributed by atoms with E-state index in [1.807, 2.05) is 0 Å². The summed E-state index contributed by atoms with van der Waals surface area (Å²) >= 11 is 0. The van der Waals surface area contributed by atoms with Gasteiger partial charge in [0.05, 0.1) is 16.3 Å². The summed E-state index contributed by atoms with van der Waals surface area (Å²) in [5.74, 6) is -0.884. The molecule has 4 rings (SSSR count). The first-order chi connectivity index (χ1) is 17.2. The predicted molar refractivity (Wildman–Crippen MR) is 116 cm³/mol. The lowest BCUT2D eigenvalue weighted by Gasteiger charge is -2.17. The maximum atomic E-state index is 13.1. The van der Waals surface area contributed by atoms with Gasteiger partial charge in [0.15, 0.2) is 21.2 Å². The lowest BCUT2D eigenvalue weighted by atomic mass is 10.1. The number of hydrogen-bond acceptors (Lipinski definition) is 6. The number of rotatable bonds is 7. The van der Waals surface area contributed by atoms with E-state index in [0.717, 1.165) is 16.6 Å². The summed E-state index contributed by atoms with van der Waals surface area (Å²) < 4.78 is 120. The minimum Gasteiger partial charge on any atom is -0.428 e. The maximum absolute atomic E-state index is 13.1. The van der Waals surface area contributed by atoms with Crippen molar-refractivity contribution in [1.29, 1.82) is 0 Å². The molecule has 4 aromatic rings. The largest absolute Gasteiger partial charge is 0.461 e. The molecule has 15 heteroatoms. The Morgan fingerprint density at radius 3 is 2.27 bits per heavy atom. The van der Waals surface area contributed by atoms with Crippen molar-refractivity contribution in [2.24, 2.45) is 0 Å². The fourth-order valence-corrected chi connectivity index (χ4v) is 4.32. The number of benzene rings is 1. The maximum Gasteiger partial charge on any atom is 0.461 e. The number of fused-ring (bicyclic) bond motifs is 1. The zero-order chi connectivity index (χ0) is 27.2. The first kappa shape index (κ1) is 26.3. The second-order valence-electron chi connectivity index (χ2n) is 7.61. The van der Waals surface area contributed by atoms with Crippen LogP contribution in [0.15, 0.2) is 59.8 Å². The van der Waals surface area contributed by atoms with Crippen LogP contribution in [0.3, 0.4) is 0 Å². The highest BCUT2D eigenvalue weighted by atomic mass is 32.2. The van der Waals surface area contributed by atoms with Gasteiger partial charge in [-0.05, 0) is 29.8 Å². The predicted octanol–water partition coefficient (Wildman–Crippen LogP) is 5.51. The minimum atomic E-state index is -4.71. The molecule has 0 radical (unpaired) electrons. The molecular weight excluding hydrogens is 533 g/mol. The van der Waals surface area contributed by atoms with Crippen molar-refractivity contribution in [3.63, 3.8) is 0 Å². The van der Waals surface area contributed by atoms with E-state index in [0.29, 0.717) is 11.6 Å². The summed E-state index contributed by atoms with van der Waals surface area (Å²) in [6, 6.07) is 7.69. The van der Waals surface area contributed by atoms with E-state index >= 15 is 0 Å². The molecule has 0 aliphatic rings. The van der Waals surface area contributed by atoms with Gasteiger partial charge in [0, 0.05) is 24.0 Å². The molecular formula is C22H15F7N4O3S. The zero-order valence-electron chi connectivity index (χ0n) is 18.5. The Labute approximate surface area is 204 Å². The number of nitrogens with zero attached hydrogens (tertiary/aromatic N) is 4. The van der Waals surface area contributed by atoms with Gasteiger partial charge in [0.2, 0.25) is 0 Å². The summed E-state index contributed by atoms with van der Waals surface area (Å²) in [6.45, 7) is 1.38. The van der Waals surface area contributed by atoms with Gasteiger partial charge >= 0.3 is 18.7 Å². The molecule has 0 saturated carbocycles. The van der Waals surface area contributed by atoms with Crippen molar-refractivity contribution < 1.29 is 43.9 Å². The normalized spacial score (nSPS) is 12.9. The van der Waals surface area contributed by atoms with Crippen LogP contribution in [0.5, 0.6) is 5.75 Å². The molecule has 0 N–H and O–H groups in total. The lowest BCUT2D eigenvalue weighted by molar-refractivity contribution is -0.253. The third-order valence-corrected chi connectivity index (χ3v) is 6.86. The second-order valence-corrected chi connectivity index (χ2v) is 9.85. The molecule has 196 valence electrons. The van der Waals surface area contributed by atoms with E-state index in [-0.39, 0.29) is 33.2 Å². The van der Waals surface area contributed by atoms with Crippen molar-refractivity contribution in [3.8, 4) is 28.3 Å². The Hall–Kier alpha value is -3.75. The monoisotopic (exact) mass is 548 g/mol. The molecule has 0 amide bonds. The van der Waals surface area contributed by atoms with Crippen molar-refractivity contribution in [3.05, 3.63) is 60.6 Å². The average molecular weight is 548 g/mol. The number of hydrogen-bond donors (Lipinski definition) is 0. The van der Waals surface area contributed by atoms with E-state index < -0.39 is 40.0 Å². The van der Waals surface area contributed by atoms with Crippen LogP contribution >= 0.6 is 0 Å². The quantitative estimate of drug-likeness (QED) is 0.283. The standard InChI is InChI=1S/C22H15F7N4O3S/c1-2-37(34,35)16-9-13(12-3-5-14(6-4-12)36-22(28,29)20(23)24)11-30-19(16)15-7-8-33-18(31-15)10-17(32-33)21(25,26)27/h3-11,20H,2H2,1H3. The van der Waals surface area contributed by atoms with E-state index in [4.69, 9.17) is 0 Å². The molecule has 37 heavy (non-hydrogen) atoms. The Kier molecular flexibility index (Phi) is 6.60. The van der Waals surface area contributed by atoms with Gasteiger partial charge in [0.1, 0.15) is 11.4 Å². The Balaban J connectivity index is 1.75. The number of ether oxygens (including phenoxy) is 1. The first-order valence-corrected chi connectivity index (χ1v) is 12.0. The Bertz CT molecular complexity index is 1550. The van der Waals surface area contributed by atoms with Crippen molar-refractivity contribution >= 4 is 15.5 Å². The van der Waals surface area contributed by atoms with Crippen LogP contribution < -0.4 is 4.74 Å². The SMILES string of the molecule is CCS(=O)(=O)c1cc(-c2ccc(OC(F)(F)C(F)F)cc2)cnc1-c1ccn2nc(C(F)(F)F)cc2n1. The molecule has 0 bridgehead atoms. The van der Waals surface area contributed by atoms with Crippen LogP contribution in [0.25, 0.3) is 28.2 Å². The van der Waals surface area contributed by atoms with E-state index in [1.165, 1.54) is 43.6 Å². The van der Waals surface area contributed by atoms with Gasteiger partial charge in [-0.1, -0.05) is 19.1 Å². The molecule has 0 spiro atoms. The van der Waals surface area contributed by atoms with Crippen molar-refractivity contribution in [2.75, 3.05) is 5.75 Å². The molecule has 3 aromatic heterocycles. The first-order valence-electron chi connectivity index (χ1n) is 10.3. The molecule has 0 saturated heterocycles. The second kappa shape index (κ2) is 9.28. The van der Waals surface area contributed by atoms with Gasteiger partial charge in [-0.3, -0.25) is 4.98 Å². The molecule has 3 heterocycles. The summed E-state index contributed by atoms with van der Waals surface area (Å²) in [5, 5.41) is 3.39. The van der Waals surface area contributed by atoms with Gasteiger partial charge < -0.3 is 4.74 Å². The zero-order valence-corrected chi connectivity index (χ0v) is 19.4. The Morgan fingerprint density at radius 2 is 1.68 bits per heavy atom. The van der Waals surface area contributed by atoms with E-state index in [9.17, 15) is 39.2 Å². The summed E-state index contributed by atoms with van der Waals surface area (Å²) in [4.78, 5) is 7.96. The van der Waals surface area contributed by atoms with E-state index in [1.54, 1.807) is 0 Å². The third kappa shape index (κ3) is 5.35. The lowest BCUT2D eigenvalue weighted by Crippen LogP contribution is -2.33. The molecule has 0 aliphatic heterocycles. The van der Waals surface area contributed by atoms with Crippen LogP contribution in [0.4, 0.5) is 30.7 Å². The smallest absolute Gasteiger partial charge is 0.428 e. The molecule has 1 aromatic carbocycles. The van der Waals surface area contributed by atoms with Crippen LogP contribution in [0, 0.1) is 0 Å². The Morgan fingerprint density at radius 1 is 1.00 bits per heavy atom. The third-order valence-electron chi connectivity index (χ3n) is 5.12. The summed E-state index contributed by atoms with van der Waals surface area (Å²) in [5.41, 5.74) is -0.995. The number of aromatic nitrogens is 4. The summed E-state index contributed by atoms with van der Waals surface area (Å²) in [7, 11) is -3.93. The molecule has 0 atom stereocenters. The summed E-state index contributed by atoms with van der Waals surface area (Å²) in [6.07, 6.45) is -11.0. The van der Waals surface area contributed by atoms with Gasteiger partial charge in [-0.15, -0.1) is 0 Å². The number of alkyl halides is 7. The van der Waals surface area contributed by atoms with E-state index in [2.05, 4.69) is 19.8 Å². The van der Waals surface area contributed by atoms with Crippen LogP contribution in [-0.4, -0.2) is 46.3 Å². The van der Waals surface area contributed by atoms with Crippen molar-refractivity contribution in [2.45, 2.75) is 30.5 Å². The van der Waals surface area contributed by atoms with Crippen LogP contribution in [-0.2, 0) is 16.0 Å². The highest BCUT2D eigenvalue weighted by Gasteiger charge is 2.44. The average Bonchev–Trinajstić information content (AvgIpc) is 3.28. The molecule has 0 unspecified atom stereocenters. The topological polar surface area (TPSA) is 86.5 Å². The molecule has 0 aliphatic carbocycles. The number of pyridine rings is 1. The molecule has 7 nitrogen and oxygen atoms in total. The van der Waals surface area contributed by atoms with Crippen molar-refractivity contribution in [1.82, 2.24) is 19.6 Å². The number of sulfone groups is 1. The fraction of sp³-hybridized carbons (Fsp3) is 0.227. The van der Waals surface area contributed by atoms with Crippen LogP contribution in [0.2, 0.25) is 0 Å². The number of halogens is 7. The van der Waals surface area contributed by atoms with Gasteiger partial charge in [0.25, 0.3) is 0 Å². The minimum absolute atomic E-state index is 0.0299. The van der Waals surface area contributed by atoms with Crippen LogP contribution in [0.1, 0.15) is 12.6 Å². The highest BCUT2D eigenvalue weighted by molar-refractivity contribution is 7.91. The molecule has 0 fully saturated rings.